The van der Waals surface area contributed by atoms with Gasteiger partial charge in [-0.1, -0.05) is 0 Å². The highest BCUT2D eigenvalue weighted by Crippen LogP contribution is 2.40. The van der Waals surface area contributed by atoms with E-state index in [9.17, 15) is 0 Å². The minimum absolute atomic E-state index is 0.654. The maximum Gasteiger partial charge on any atom is 0.162 e. The van der Waals surface area contributed by atoms with Crippen LogP contribution in [0.5, 0.6) is 23.0 Å². The minimum Gasteiger partial charge on any atom is -0.493 e. The molecule has 0 atom stereocenters. The molecule has 5 heteroatoms. The summed E-state index contributed by atoms with van der Waals surface area (Å²) in [5, 5.41) is 1.69. The standard InChI is InChI=1S/C20H19NO3S/c1-22-19-11-16-17(12-20(19)23-2)21-10-9-18(16)24-13-3-5-14(6-4-13)25-15-7-8-15/h3-6,9-12,15H,7-8H2,1-2H3. The number of aromatic nitrogens is 1. The number of fused-ring (bicyclic) bond motifs is 1. The van der Waals surface area contributed by atoms with E-state index in [0.29, 0.717) is 11.5 Å². The minimum atomic E-state index is 0.654. The second-order valence-electron chi connectivity index (χ2n) is 5.92. The molecular weight excluding hydrogens is 334 g/mol. The Morgan fingerprint density at radius 1 is 0.920 bits per heavy atom. The lowest BCUT2D eigenvalue weighted by Gasteiger charge is -2.12. The number of thioether (sulfide) groups is 1. The first kappa shape index (κ1) is 16.1. The fourth-order valence-electron chi connectivity index (χ4n) is 2.63. The van der Waals surface area contributed by atoms with E-state index in [1.54, 1.807) is 20.4 Å². The van der Waals surface area contributed by atoms with Crippen LogP contribution in [0.1, 0.15) is 12.8 Å². The predicted molar refractivity (Wildman–Crippen MR) is 100 cm³/mol. The highest BCUT2D eigenvalue weighted by atomic mass is 32.2. The van der Waals surface area contributed by atoms with Crippen molar-refractivity contribution >= 4 is 22.7 Å². The molecule has 0 amide bonds. The Hall–Kier alpha value is -2.40. The molecule has 1 saturated carbocycles. The van der Waals surface area contributed by atoms with Crippen LogP contribution in [0.15, 0.2) is 53.6 Å². The van der Waals surface area contributed by atoms with E-state index in [-0.39, 0.29) is 0 Å². The van der Waals surface area contributed by atoms with Crippen molar-refractivity contribution in [1.29, 1.82) is 0 Å². The van der Waals surface area contributed by atoms with Crippen LogP contribution in [0.2, 0.25) is 0 Å². The summed E-state index contributed by atoms with van der Waals surface area (Å²) < 4.78 is 16.8. The summed E-state index contributed by atoms with van der Waals surface area (Å²) in [7, 11) is 3.24. The number of nitrogens with zero attached hydrogens (tertiary/aromatic N) is 1. The summed E-state index contributed by atoms with van der Waals surface area (Å²) in [5.41, 5.74) is 0.802. The number of rotatable bonds is 6. The summed E-state index contributed by atoms with van der Waals surface area (Å²) in [5.74, 6) is 2.86. The molecule has 25 heavy (non-hydrogen) atoms. The zero-order valence-electron chi connectivity index (χ0n) is 14.2. The van der Waals surface area contributed by atoms with Gasteiger partial charge in [-0.15, -0.1) is 11.8 Å². The summed E-state index contributed by atoms with van der Waals surface area (Å²) in [6, 6.07) is 13.9. The zero-order chi connectivity index (χ0) is 17.2. The van der Waals surface area contributed by atoms with Gasteiger partial charge in [0.2, 0.25) is 0 Å². The summed E-state index contributed by atoms with van der Waals surface area (Å²) >= 11 is 1.94. The number of methoxy groups -OCH3 is 2. The van der Waals surface area contributed by atoms with Crippen molar-refractivity contribution in [3.05, 3.63) is 48.7 Å². The molecule has 0 N–H and O–H groups in total. The number of hydrogen-bond acceptors (Lipinski definition) is 5. The molecule has 1 heterocycles. The third-order valence-electron chi connectivity index (χ3n) is 4.09. The Bertz CT molecular complexity index is 891. The van der Waals surface area contributed by atoms with Crippen molar-refractivity contribution in [3.63, 3.8) is 0 Å². The SMILES string of the molecule is COc1cc2nccc(Oc3ccc(SC4CC4)cc3)c2cc1OC. The van der Waals surface area contributed by atoms with E-state index >= 15 is 0 Å². The van der Waals surface area contributed by atoms with Gasteiger partial charge in [0.1, 0.15) is 11.5 Å². The zero-order valence-corrected chi connectivity index (χ0v) is 15.0. The van der Waals surface area contributed by atoms with Crippen molar-refractivity contribution in [2.24, 2.45) is 0 Å². The van der Waals surface area contributed by atoms with Crippen molar-refractivity contribution in [2.75, 3.05) is 14.2 Å². The van der Waals surface area contributed by atoms with Crippen LogP contribution in [-0.4, -0.2) is 24.5 Å². The molecule has 0 spiro atoms. The molecule has 0 bridgehead atoms. The molecule has 3 aromatic rings. The third-order valence-corrected chi connectivity index (χ3v) is 5.43. The fourth-order valence-corrected chi connectivity index (χ4v) is 3.68. The van der Waals surface area contributed by atoms with Gasteiger partial charge in [0.15, 0.2) is 11.5 Å². The second-order valence-corrected chi connectivity index (χ2v) is 7.30. The molecule has 1 aromatic heterocycles. The first-order chi connectivity index (χ1) is 12.3. The van der Waals surface area contributed by atoms with Gasteiger partial charge in [0, 0.05) is 27.8 Å². The highest BCUT2D eigenvalue weighted by Gasteiger charge is 2.22. The Labute approximate surface area is 151 Å². The van der Waals surface area contributed by atoms with Crippen molar-refractivity contribution in [1.82, 2.24) is 4.98 Å². The monoisotopic (exact) mass is 353 g/mol. The van der Waals surface area contributed by atoms with Crippen molar-refractivity contribution in [2.45, 2.75) is 23.0 Å². The Morgan fingerprint density at radius 2 is 1.64 bits per heavy atom. The summed E-state index contributed by atoms with van der Waals surface area (Å²) in [6.45, 7) is 0. The van der Waals surface area contributed by atoms with Crippen LogP contribution in [0.3, 0.4) is 0 Å². The Morgan fingerprint density at radius 3 is 2.32 bits per heavy atom. The first-order valence-electron chi connectivity index (χ1n) is 8.22. The van der Waals surface area contributed by atoms with E-state index in [2.05, 4.69) is 17.1 Å². The molecule has 0 unspecified atom stereocenters. The molecule has 4 rings (SSSR count). The van der Waals surface area contributed by atoms with Gasteiger partial charge in [-0.3, -0.25) is 4.98 Å². The van der Waals surface area contributed by atoms with Gasteiger partial charge in [-0.05, 0) is 49.2 Å². The lowest BCUT2D eigenvalue weighted by Crippen LogP contribution is -1.93. The molecular formula is C20H19NO3S. The predicted octanol–water partition coefficient (Wildman–Crippen LogP) is 5.30. The second kappa shape index (κ2) is 6.84. The largest absolute Gasteiger partial charge is 0.493 e. The van der Waals surface area contributed by atoms with E-state index in [4.69, 9.17) is 14.2 Å². The first-order valence-corrected chi connectivity index (χ1v) is 9.10. The van der Waals surface area contributed by atoms with Gasteiger partial charge in [0.25, 0.3) is 0 Å². The lowest BCUT2D eigenvalue weighted by atomic mass is 10.2. The molecule has 0 aliphatic heterocycles. The molecule has 2 aromatic carbocycles. The van der Waals surface area contributed by atoms with Crippen LogP contribution in [-0.2, 0) is 0 Å². The average Bonchev–Trinajstić information content (AvgIpc) is 3.46. The van der Waals surface area contributed by atoms with E-state index in [0.717, 1.165) is 27.7 Å². The van der Waals surface area contributed by atoms with Crippen LogP contribution < -0.4 is 14.2 Å². The Kier molecular flexibility index (Phi) is 4.40. The summed E-state index contributed by atoms with van der Waals surface area (Å²) in [4.78, 5) is 5.69. The molecule has 128 valence electrons. The van der Waals surface area contributed by atoms with Gasteiger partial charge in [-0.2, -0.15) is 0 Å². The highest BCUT2D eigenvalue weighted by molar-refractivity contribution is 8.00. The molecule has 0 saturated heterocycles. The maximum atomic E-state index is 6.09. The van der Waals surface area contributed by atoms with Crippen LogP contribution in [0.25, 0.3) is 10.9 Å². The van der Waals surface area contributed by atoms with Crippen LogP contribution in [0.4, 0.5) is 0 Å². The number of hydrogen-bond donors (Lipinski definition) is 0. The molecule has 1 aliphatic rings. The van der Waals surface area contributed by atoms with Gasteiger partial charge >= 0.3 is 0 Å². The van der Waals surface area contributed by atoms with Crippen molar-refractivity contribution in [3.8, 4) is 23.0 Å². The molecule has 4 nitrogen and oxygen atoms in total. The molecule has 1 aliphatic carbocycles. The van der Waals surface area contributed by atoms with Crippen molar-refractivity contribution < 1.29 is 14.2 Å². The number of pyridine rings is 1. The smallest absolute Gasteiger partial charge is 0.162 e. The van der Waals surface area contributed by atoms with E-state index in [1.807, 2.05) is 42.1 Å². The average molecular weight is 353 g/mol. The van der Waals surface area contributed by atoms with Gasteiger partial charge < -0.3 is 14.2 Å². The van der Waals surface area contributed by atoms with Crippen LogP contribution >= 0.6 is 11.8 Å². The molecule has 0 radical (unpaired) electrons. The normalized spacial score (nSPS) is 13.7. The topological polar surface area (TPSA) is 40.6 Å². The van der Waals surface area contributed by atoms with Crippen LogP contribution in [0, 0.1) is 0 Å². The van der Waals surface area contributed by atoms with E-state index in [1.165, 1.54) is 17.7 Å². The Balaban J connectivity index is 1.63. The van der Waals surface area contributed by atoms with Gasteiger partial charge in [-0.25, -0.2) is 0 Å². The molecule has 1 fully saturated rings. The lowest BCUT2D eigenvalue weighted by molar-refractivity contribution is 0.355. The van der Waals surface area contributed by atoms with Gasteiger partial charge in [0.05, 0.1) is 19.7 Å². The maximum absolute atomic E-state index is 6.09. The fraction of sp³-hybridized carbons (Fsp3) is 0.250. The van der Waals surface area contributed by atoms with E-state index < -0.39 is 0 Å². The number of benzene rings is 2. The quantitative estimate of drug-likeness (QED) is 0.601. The number of ether oxygens (including phenoxy) is 3. The summed E-state index contributed by atoms with van der Waals surface area (Å²) in [6.07, 6.45) is 4.40. The third kappa shape index (κ3) is 3.51.